The lowest BCUT2D eigenvalue weighted by atomic mass is 10.0. The number of carbonyl (C=O) groups is 1. The molecule has 0 bridgehead atoms. The molecular weight excluding hydrogens is 218 g/mol. The molecule has 0 aliphatic heterocycles. The summed E-state index contributed by atoms with van der Waals surface area (Å²) >= 11 is 0. The molecule has 2 N–H and O–H groups in total. The van der Waals surface area contributed by atoms with Crippen molar-refractivity contribution in [3.05, 3.63) is 23.8 Å². The maximum atomic E-state index is 11.9. The van der Waals surface area contributed by atoms with Crippen molar-refractivity contribution in [3.63, 3.8) is 0 Å². The molecule has 17 heavy (non-hydrogen) atoms. The van der Waals surface area contributed by atoms with E-state index < -0.39 is 0 Å². The van der Waals surface area contributed by atoms with Crippen LogP contribution in [0.15, 0.2) is 18.2 Å². The van der Waals surface area contributed by atoms with Crippen LogP contribution in [0.2, 0.25) is 0 Å². The Balaban J connectivity index is 2.84. The second kappa shape index (κ2) is 6.25. The van der Waals surface area contributed by atoms with Crippen LogP contribution in [0.3, 0.4) is 0 Å². The lowest BCUT2D eigenvalue weighted by Gasteiger charge is -2.08. The molecule has 0 aromatic heterocycles. The quantitative estimate of drug-likeness (QED) is 0.769. The Morgan fingerprint density at radius 1 is 1.24 bits per heavy atom. The number of methoxy groups -OCH3 is 2. The second-order valence-corrected chi connectivity index (χ2v) is 4.04. The minimum Gasteiger partial charge on any atom is -0.497 e. The average molecular weight is 237 g/mol. The SMILES string of the molecule is COc1cc(OC)cc(C(=O)CCC(C)N)c1. The standard InChI is InChI=1S/C13H19NO3/c1-9(14)4-5-13(15)10-6-11(16-2)8-12(7-10)17-3/h6-9H,4-5,14H2,1-3H3. The number of nitrogens with two attached hydrogens (primary N) is 1. The third-order valence-electron chi connectivity index (χ3n) is 2.50. The zero-order valence-corrected chi connectivity index (χ0v) is 10.5. The van der Waals surface area contributed by atoms with Gasteiger partial charge in [-0.25, -0.2) is 0 Å². The van der Waals surface area contributed by atoms with Crippen molar-refractivity contribution in [2.45, 2.75) is 25.8 Å². The number of rotatable bonds is 6. The Kier molecular flexibility index (Phi) is 4.97. The van der Waals surface area contributed by atoms with Crippen molar-refractivity contribution in [2.24, 2.45) is 5.73 Å². The van der Waals surface area contributed by atoms with E-state index in [1.54, 1.807) is 32.4 Å². The van der Waals surface area contributed by atoms with Crippen LogP contribution in [-0.4, -0.2) is 26.0 Å². The third kappa shape index (κ3) is 4.07. The van der Waals surface area contributed by atoms with Crippen LogP contribution in [0.4, 0.5) is 0 Å². The van der Waals surface area contributed by atoms with Gasteiger partial charge >= 0.3 is 0 Å². The molecule has 1 aromatic carbocycles. The zero-order valence-electron chi connectivity index (χ0n) is 10.5. The Morgan fingerprint density at radius 2 is 1.76 bits per heavy atom. The molecule has 1 aromatic rings. The van der Waals surface area contributed by atoms with Crippen molar-refractivity contribution in [3.8, 4) is 11.5 Å². The van der Waals surface area contributed by atoms with Crippen molar-refractivity contribution in [1.29, 1.82) is 0 Å². The summed E-state index contributed by atoms with van der Waals surface area (Å²) in [6.45, 7) is 1.89. The third-order valence-corrected chi connectivity index (χ3v) is 2.50. The molecule has 1 rings (SSSR count). The highest BCUT2D eigenvalue weighted by Crippen LogP contribution is 2.23. The first-order chi connectivity index (χ1) is 8.06. The molecular formula is C13H19NO3. The van der Waals surface area contributed by atoms with Gasteiger partial charge in [-0.15, -0.1) is 0 Å². The summed E-state index contributed by atoms with van der Waals surface area (Å²) in [6, 6.07) is 5.20. The fraction of sp³-hybridized carbons (Fsp3) is 0.462. The molecule has 1 atom stereocenters. The molecule has 0 radical (unpaired) electrons. The number of benzene rings is 1. The van der Waals surface area contributed by atoms with E-state index in [4.69, 9.17) is 15.2 Å². The zero-order chi connectivity index (χ0) is 12.8. The summed E-state index contributed by atoms with van der Waals surface area (Å²) in [4.78, 5) is 11.9. The predicted octanol–water partition coefficient (Wildman–Crippen LogP) is 2.01. The van der Waals surface area contributed by atoms with Gasteiger partial charge in [0.05, 0.1) is 14.2 Å². The van der Waals surface area contributed by atoms with Crippen molar-refractivity contribution in [1.82, 2.24) is 0 Å². The van der Waals surface area contributed by atoms with Gasteiger partial charge in [0.25, 0.3) is 0 Å². The smallest absolute Gasteiger partial charge is 0.163 e. The van der Waals surface area contributed by atoms with E-state index in [0.29, 0.717) is 29.9 Å². The van der Waals surface area contributed by atoms with Gasteiger partial charge in [0.1, 0.15) is 11.5 Å². The van der Waals surface area contributed by atoms with Crippen LogP contribution in [0.5, 0.6) is 11.5 Å². The maximum Gasteiger partial charge on any atom is 0.163 e. The highest BCUT2D eigenvalue weighted by atomic mass is 16.5. The van der Waals surface area contributed by atoms with E-state index in [9.17, 15) is 4.79 Å². The minimum atomic E-state index is 0.0338. The predicted molar refractivity (Wildman–Crippen MR) is 66.8 cm³/mol. The van der Waals surface area contributed by atoms with Crippen molar-refractivity contribution in [2.75, 3.05) is 14.2 Å². The molecule has 0 aliphatic rings. The molecule has 0 spiro atoms. The molecule has 0 saturated carbocycles. The van der Waals surface area contributed by atoms with Gasteiger partial charge in [0.2, 0.25) is 0 Å². The highest BCUT2D eigenvalue weighted by molar-refractivity contribution is 5.96. The summed E-state index contributed by atoms with van der Waals surface area (Å²) in [5, 5.41) is 0. The molecule has 0 amide bonds. The van der Waals surface area contributed by atoms with E-state index in [2.05, 4.69) is 0 Å². The van der Waals surface area contributed by atoms with Crippen LogP contribution in [0.25, 0.3) is 0 Å². The maximum absolute atomic E-state index is 11.9. The number of ether oxygens (including phenoxy) is 2. The molecule has 0 saturated heterocycles. The molecule has 0 aliphatic carbocycles. The van der Waals surface area contributed by atoms with Gasteiger partial charge in [-0.1, -0.05) is 0 Å². The summed E-state index contributed by atoms with van der Waals surface area (Å²) in [5.41, 5.74) is 6.23. The van der Waals surface area contributed by atoms with Crippen molar-refractivity contribution < 1.29 is 14.3 Å². The van der Waals surface area contributed by atoms with Gasteiger partial charge in [-0.05, 0) is 25.5 Å². The molecule has 4 heteroatoms. The van der Waals surface area contributed by atoms with Gasteiger partial charge in [-0.2, -0.15) is 0 Å². The minimum absolute atomic E-state index is 0.0338. The number of hydrogen-bond donors (Lipinski definition) is 1. The van der Waals surface area contributed by atoms with Gasteiger partial charge in [-0.3, -0.25) is 4.79 Å². The van der Waals surface area contributed by atoms with E-state index in [-0.39, 0.29) is 11.8 Å². The van der Waals surface area contributed by atoms with E-state index in [0.717, 1.165) is 0 Å². The van der Waals surface area contributed by atoms with Crippen LogP contribution in [0.1, 0.15) is 30.1 Å². The Hall–Kier alpha value is -1.55. The number of hydrogen-bond acceptors (Lipinski definition) is 4. The normalized spacial score (nSPS) is 12.0. The Morgan fingerprint density at radius 3 is 2.18 bits per heavy atom. The molecule has 0 fully saturated rings. The fourth-order valence-electron chi connectivity index (χ4n) is 1.47. The molecule has 0 heterocycles. The van der Waals surface area contributed by atoms with Gasteiger partial charge in [0, 0.05) is 24.1 Å². The molecule has 4 nitrogen and oxygen atoms in total. The first-order valence-electron chi connectivity index (χ1n) is 5.58. The largest absolute Gasteiger partial charge is 0.497 e. The number of ketones is 1. The van der Waals surface area contributed by atoms with E-state index in [1.807, 2.05) is 6.92 Å². The average Bonchev–Trinajstić information content (AvgIpc) is 2.34. The lowest BCUT2D eigenvalue weighted by molar-refractivity contribution is 0.0977. The first kappa shape index (κ1) is 13.5. The Labute approximate surface area is 102 Å². The van der Waals surface area contributed by atoms with Crippen LogP contribution in [-0.2, 0) is 0 Å². The van der Waals surface area contributed by atoms with Gasteiger partial charge in [0.15, 0.2) is 5.78 Å². The second-order valence-electron chi connectivity index (χ2n) is 4.04. The summed E-state index contributed by atoms with van der Waals surface area (Å²) in [5.74, 6) is 1.29. The van der Waals surface area contributed by atoms with Crippen LogP contribution >= 0.6 is 0 Å². The molecule has 1 unspecified atom stereocenters. The van der Waals surface area contributed by atoms with E-state index in [1.165, 1.54) is 0 Å². The van der Waals surface area contributed by atoms with Crippen LogP contribution in [0, 0.1) is 0 Å². The van der Waals surface area contributed by atoms with Crippen molar-refractivity contribution >= 4 is 5.78 Å². The highest BCUT2D eigenvalue weighted by Gasteiger charge is 2.10. The van der Waals surface area contributed by atoms with E-state index >= 15 is 0 Å². The Bertz CT molecular complexity index is 366. The lowest BCUT2D eigenvalue weighted by Crippen LogP contribution is -2.16. The number of Topliss-reactive ketones (excluding diaryl/α,β-unsaturated/α-hetero) is 1. The summed E-state index contributed by atoms with van der Waals surface area (Å²) < 4.78 is 10.2. The summed E-state index contributed by atoms with van der Waals surface area (Å²) in [7, 11) is 3.12. The monoisotopic (exact) mass is 237 g/mol. The molecule has 94 valence electrons. The number of carbonyl (C=O) groups excluding carboxylic acids is 1. The van der Waals surface area contributed by atoms with Crippen LogP contribution < -0.4 is 15.2 Å². The van der Waals surface area contributed by atoms with Gasteiger partial charge < -0.3 is 15.2 Å². The summed E-state index contributed by atoms with van der Waals surface area (Å²) in [6.07, 6.45) is 1.12. The fourth-order valence-corrected chi connectivity index (χ4v) is 1.47. The first-order valence-corrected chi connectivity index (χ1v) is 5.58. The topological polar surface area (TPSA) is 61.5 Å².